The van der Waals surface area contributed by atoms with E-state index in [0.717, 1.165) is 19.4 Å². The van der Waals surface area contributed by atoms with Crippen molar-refractivity contribution in [3.63, 3.8) is 0 Å². The second kappa shape index (κ2) is 27.9. The molecule has 0 aromatic heterocycles. The highest BCUT2D eigenvalue weighted by molar-refractivity contribution is 4.62. The van der Waals surface area contributed by atoms with Crippen LogP contribution in [0.3, 0.4) is 0 Å². The summed E-state index contributed by atoms with van der Waals surface area (Å²) in [4.78, 5) is 0. The predicted octanol–water partition coefficient (Wildman–Crippen LogP) is 11.5. The number of rotatable bonds is 16. The summed E-state index contributed by atoms with van der Waals surface area (Å²) in [6.07, 6.45) is 40.8. The predicted molar refractivity (Wildman–Crippen MR) is 160 cm³/mol. The fraction of sp³-hybridized carbons (Fsp3) is 1.00. The van der Waals surface area contributed by atoms with Crippen molar-refractivity contribution in [1.82, 2.24) is 0 Å². The first kappa shape index (κ1) is 33.9. The summed E-state index contributed by atoms with van der Waals surface area (Å²) in [6, 6.07) is 0. The van der Waals surface area contributed by atoms with Crippen LogP contribution in [0.25, 0.3) is 0 Å². The SMILES string of the molecule is CCCCCCCCCCCCCCCCOC1CCCCCCCCC(O)CCCCCCCC1. The Hall–Kier alpha value is -0.0800. The average Bonchev–Trinajstić information content (AvgIpc) is 2.88. The molecule has 0 atom stereocenters. The van der Waals surface area contributed by atoms with E-state index in [0.29, 0.717) is 6.10 Å². The molecule has 0 spiro atoms. The summed E-state index contributed by atoms with van der Waals surface area (Å²) in [6.45, 7) is 3.29. The van der Waals surface area contributed by atoms with Crippen LogP contribution in [-0.4, -0.2) is 23.9 Å². The summed E-state index contributed by atoms with van der Waals surface area (Å²) in [5, 5.41) is 10.1. The maximum atomic E-state index is 10.1. The van der Waals surface area contributed by atoms with Gasteiger partial charge in [0.1, 0.15) is 0 Å². The molecule has 2 heteroatoms. The number of ether oxygens (including phenoxy) is 1. The van der Waals surface area contributed by atoms with Gasteiger partial charge in [-0.05, 0) is 32.1 Å². The van der Waals surface area contributed by atoms with Crippen molar-refractivity contribution in [3.05, 3.63) is 0 Å². The monoisotopic (exact) mass is 509 g/mol. The molecule has 2 nitrogen and oxygen atoms in total. The summed E-state index contributed by atoms with van der Waals surface area (Å²) in [5.74, 6) is 0. The number of aliphatic hydroxyl groups excluding tert-OH is 1. The molecule has 0 unspecified atom stereocenters. The summed E-state index contributed by atoms with van der Waals surface area (Å²) < 4.78 is 6.42. The van der Waals surface area contributed by atoms with Crippen LogP contribution in [0.15, 0.2) is 0 Å². The average molecular weight is 509 g/mol. The molecular formula is C34H68O2. The van der Waals surface area contributed by atoms with Gasteiger partial charge in [0, 0.05) is 6.61 Å². The first-order valence-corrected chi connectivity index (χ1v) is 17.1. The van der Waals surface area contributed by atoms with Crippen molar-refractivity contribution in [2.24, 2.45) is 0 Å². The Morgan fingerprint density at radius 2 is 0.778 bits per heavy atom. The van der Waals surface area contributed by atoms with E-state index in [1.54, 1.807) is 0 Å². The highest BCUT2D eigenvalue weighted by Gasteiger charge is 2.10. The smallest absolute Gasteiger partial charge is 0.0575 e. The Bertz CT molecular complexity index is 390. The van der Waals surface area contributed by atoms with Crippen molar-refractivity contribution >= 4 is 0 Å². The van der Waals surface area contributed by atoms with E-state index in [9.17, 15) is 5.11 Å². The summed E-state index contributed by atoms with van der Waals surface area (Å²) in [5.41, 5.74) is 0. The third-order valence-electron chi connectivity index (χ3n) is 8.48. The largest absolute Gasteiger partial charge is 0.393 e. The van der Waals surface area contributed by atoms with E-state index >= 15 is 0 Å². The number of hydrogen-bond acceptors (Lipinski definition) is 2. The Morgan fingerprint density at radius 3 is 1.19 bits per heavy atom. The van der Waals surface area contributed by atoms with Gasteiger partial charge in [0.05, 0.1) is 12.2 Å². The molecule has 1 saturated carbocycles. The van der Waals surface area contributed by atoms with Crippen molar-refractivity contribution < 1.29 is 9.84 Å². The topological polar surface area (TPSA) is 29.5 Å². The number of aliphatic hydroxyl groups is 1. The molecule has 0 bridgehead atoms. The van der Waals surface area contributed by atoms with Crippen LogP contribution in [0.2, 0.25) is 0 Å². The van der Waals surface area contributed by atoms with Crippen LogP contribution in [0.1, 0.15) is 200 Å². The minimum Gasteiger partial charge on any atom is -0.393 e. The molecule has 1 rings (SSSR count). The molecule has 1 aliphatic carbocycles. The Morgan fingerprint density at radius 1 is 0.444 bits per heavy atom. The van der Waals surface area contributed by atoms with Crippen LogP contribution >= 0.6 is 0 Å². The van der Waals surface area contributed by atoms with Gasteiger partial charge in [-0.2, -0.15) is 0 Å². The van der Waals surface area contributed by atoms with Crippen molar-refractivity contribution in [1.29, 1.82) is 0 Å². The van der Waals surface area contributed by atoms with E-state index in [2.05, 4.69) is 6.92 Å². The summed E-state index contributed by atoms with van der Waals surface area (Å²) in [7, 11) is 0. The number of unbranched alkanes of at least 4 members (excludes halogenated alkanes) is 13. The zero-order valence-electron chi connectivity index (χ0n) is 24.9. The molecule has 216 valence electrons. The minimum atomic E-state index is -0.0403. The first-order valence-electron chi connectivity index (χ1n) is 17.1. The normalized spacial score (nSPS) is 22.2. The van der Waals surface area contributed by atoms with Crippen LogP contribution in [0, 0.1) is 0 Å². The van der Waals surface area contributed by atoms with Crippen molar-refractivity contribution in [2.45, 2.75) is 212 Å². The molecule has 0 saturated heterocycles. The molecule has 0 aliphatic heterocycles. The third kappa shape index (κ3) is 24.3. The van der Waals surface area contributed by atoms with Crippen molar-refractivity contribution in [2.75, 3.05) is 6.61 Å². The molecule has 0 radical (unpaired) electrons. The van der Waals surface area contributed by atoms with Gasteiger partial charge in [0.15, 0.2) is 0 Å². The van der Waals surface area contributed by atoms with Crippen molar-refractivity contribution in [3.8, 4) is 0 Å². The zero-order valence-corrected chi connectivity index (χ0v) is 24.9. The van der Waals surface area contributed by atoms with Gasteiger partial charge in [-0.1, -0.05) is 167 Å². The van der Waals surface area contributed by atoms with Gasteiger partial charge >= 0.3 is 0 Å². The lowest BCUT2D eigenvalue weighted by molar-refractivity contribution is 0.0357. The lowest BCUT2D eigenvalue weighted by atomic mass is 9.99. The lowest BCUT2D eigenvalue weighted by Crippen LogP contribution is -2.14. The standard InChI is InChI=1S/C34H68O2/c1-2-3-4-5-6-7-8-9-10-11-12-17-22-27-32-36-34-30-25-20-15-13-18-23-28-33(35)29-24-19-14-16-21-26-31-34/h33-35H,2-32H2,1H3. The van der Waals surface area contributed by atoms with E-state index in [1.807, 2.05) is 0 Å². The molecule has 0 amide bonds. The number of hydrogen-bond donors (Lipinski definition) is 1. The molecular weight excluding hydrogens is 440 g/mol. The molecule has 1 aliphatic rings. The summed E-state index contributed by atoms with van der Waals surface area (Å²) >= 11 is 0. The molecule has 0 aromatic rings. The molecule has 0 aromatic carbocycles. The molecule has 1 N–H and O–H groups in total. The fourth-order valence-corrected chi connectivity index (χ4v) is 5.92. The van der Waals surface area contributed by atoms with E-state index in [-0.39, 0.29) is 6.10 Å². The Labute approximate surface area is 228 Å². The lowest BCUT2D eigenvalue weighted by Gasteiger charge is -2.18. The van der Waals surface area contributed by atoms with E-state index in [1.165, 1.54) is 180 Å². The first-order chi connectivity index (χ1) is 17.8. The minimum absolute atomic E-state index is 0.0403. The quantitative estimate of drug-likeness (QED) is 0.210. The zero-order chi connectivity index (χ0) is 25.8. The second-order valence-electron chi connectivity index (χ2n) is 12.1. The van der Waals surface area contributed by atoms with Crippen LogP contribution < -0.4 is 0 Å². The van der Waals surface area contributed by atoms with E-state index in [4.69, 9.17) is 4.74 Å². The molecule has 0 heterocycles. The van der Waals surface area contributed by atoms with Gasteiger partial charge in [-0.25, -0.2) is 0 Å². The van der Waals surface area contributed by atoms with Crippen LogP contribution in [0.4, 0.5) is 0 Å². The second-order valence-corrected chi connectivity index (χ2v) is 12.1. The maximum absolute atomic E-state index is 10.1. The highest BCUT2D eigenvalue weighted by atomic mass is 16.5. The van der Waals surface area contributed by atoms with Gasteiger partial charge in [0.2, 0.25) is 0 Å². The van der Waals surface area contributed by atoms with E-state index < -0.39 is 0 Å². The fourth-order valence-electron chi connectivity index (χ4n) is 5.92. The Balaban J connectivity index is 2.02. The Kier molecular flexibility index (Phi) is 26.3. The van der Waals surface area contributed by atoms with Crippen LogP contribution in [-0.2, 0) is 4.74 Å². The van der Waals surface area contributed by atoms with Gasteiger partial charge < -0.3 is 9.84 Å². The van der Waals surface area contributed by atoms with Gasteiger partial charge in [0.25, 0.3) is 0 Å². The maximum Gasteiger partial charge on any atom is 0.0575 e. The van der Waals surface area contributed by atoms with Crippen LogP contribution in [0.5, 0.6) is 0 Å². The third-order valence-corrected chi connectivity index (χ3v) is 8.48. The van der Waals surface area contributed by atoms with Gasteiger partial charge in [-0.3, -0.25) is 0 Å². The molecule has 36 heavy (non-hydrogen) atoms. The molecule has 1 fully saturated rings. The highest BCUT2D eigenvalue weighted by Crippen LogP contribution is 2.20. The van der Waals surface area contributed by atoms with Gasteiger partial charge in [-0.15, -0.1) is 0 Å².